The van der Waals surface area contributed by atoms with Crippen LogP contribution in [0.3, 0.4) is 0 Å². The summed E-state index contributed by atoms with van der Waals surface area (Å²) < 4.78 is 23.3. The predicted octanol–water partition coefficient (Wildman–Crippen LogP) is 1.96. The highest BCUT2D eigenvalue weighted by Gasteiger charge is 2.33. The van der Waals surface area contributed by atoms with Crippen LogP contribution in [-0.2, 0) is 9.84 Å². The Labute approximate surface area is 155 Å². The Morgan fingerprint density at radius 3 is 2.35 bits per heavy atom. The normalized spacial score (nSPS) is 22.7. The van der Waals surface area contributed by atoms with Gasteiger partial charge in [-0.1, -0.05) is 18.9 Å². The molecule has 6 nitrogen and oxygen atoms in total. The van der Waals surface area contributed by atoms with E-state index in [1.165, 1.54) is 4.90 Å². The van der Waals surface area contributed by atoms with Gasteiger partial charge in [0.25, 0.3) is 11.8 Å². The van der Waals surface area contributed by atoms with E-state index in [4.69, 9.17) is 0 Å². The monoisotopic (exact) mass is 378 g/mol. The molecule has 0 bridgehead atoms. The molecule has 0 spiro atoms. The van der Waals surface area contributed by atoms with Gasteiger partial charge in [0.05, 0.1) is 11.5 Å². The molecule has 2 fully saturated rings. The number of amides is 2. The number of hydrogen-bond donors (Lipinski definition) is 0. The van der Waals surface area contributed by atoms with E-state index in [1.54, 1.807) is 31.3 Å². The van der Waals surface area contributed by atoms with Crippen molar-refractivity contribution in [2.24, 2.45) is 0 Å². The Bertz CT molecular complexity index is 782. The summed E-state index contributed by atoms with van der Waals surface area (Å²) in [7, 11) is -1.41. The van der Waals surface area contributed by atoms with Gasteiger partial charge in [-0.05, 0) is 37.5 Å². The second kappa shape index (κ2) is 7.78. The van der Waals surface area contributed by atoms with Gasteiger partial charge in [0, 0.05) is 37.3 Å². The van der Waals surface area contributed by atoms with Gasteiger partial charge in [-0.3, -0.25) is 9.59 Å². The van der Waals surface area contributed by atoms with Crippen molar-refractivity contribution < 1.29 is 18.0 Å². The smallest absolute Gasteiger partial charge is 0.253 e. The maximum atomic E-state index is 12.8. The molecule has 142 valence electrons. The highest BCUT2D eigenvalue weighted by molar-refractivity contribution is 7.91. The SMILES string of the molecule is CN(C(=O)c1cccc(C(=O)N2CCCCCC2)c1)C1CCS(=O)(=O)C1. The van der Waals surface area contributed by atoms with Crippen LogP contribution in [0.1, 0.15) is 52.8 Å². The third-order valence-corrected chi connectivity index (χ3v) is 7.08. The fourth-order valence-electron chi connectivity index (χ4n) is 3.69. The summed E-state index contributed by atoms with van der Waals surface area (Å²) in [4.78, 5) is 28.9. The number of carbonyl (C=O) groups is 2. The zero-order valence-electron chi connectivity index (χ0n) is 15.2. The van der Waals surface area contributed by atoms with E-state index in [9.17, 15) is 18.0 Å². The third-order valence-electron chi connectivity index (χ3n) is 5.33. The standard InChI is InChI=1S/C19H26N2O4S/c1-20(17-9-12-26(24,25)14-17)18(22)15-7-6-8-16(13-15)19(23)21-10-4-2-3-5-11-21/h6-8,13,17H,2-5,9-12,14H2,1H3. The lowest BCUT2D eigenvalue weighted by Crippen LogP contribution is -2.38. The van der Waals surface area contributed by atoms with E-state index >= 15 is 0 Å². The zero-order chi connectivity index (χ0) is 18.7. The van der Waals surface area contributed by atoms with Crippen LogP contribution < -0.4 is 0 Å². The molecule has 2 saturated heterocycles. The number of benzene rings is 1. The highest BCUT2D eigenvalue weighted by Crippen LogP contribution is 2.20. The molecule has 0 saturated carbocycles. The molecule has 1 unspecified atom stereocenters. The van der Waals surface area contributed by atoms with Crippen molar-refractivity contribution in [3.63, 3.8) is 0 Å². The number of carbonyl (C=O) groups excluding carboxylic acids is 2. The van der Waals surface area contributed by atoms with Crippen LogP contribution >= 0.6 is 0 Å². The number of rotatable bonds is 3. The molecule has 2 aliphatic heterocycles. The number of nitrogens with zero attached hydrogens (tertiary/aromatic N) is 2. The van der Waals surface area contributed by atoms with Crippen molar-refractivity contribution in [2.45, 2.75) is 38.1 Å². The van der Waals surface area contributed by atoms with Gasteiger partial charge in [-0.15, -0.1) is 0 Å². The first kappa shape index (κ1) is 18.9. The number of hydrogen-bond acceptors (Lipinski definition) is 4. The van der Waals surface area contributed by atoms with Crippen molar-refractivity contribution in [1.29, 1.82) is 0 Å². The average molecular weight is 378 g/mol. The number of sulfone groups is 1. The molecule has 1 aromatic carbocycles. The van der Waals surface area contributed by atoms with E-state index in [0.29, 0.717) is 17.5 Å². The van der Waals surface area contributed by atoms with Gasteiger partial charge >= 0.3 is 0 Å². The van der Waals surface area contributed by atoms with E-state index in [0.717, 1.165) is 38.8 Å². The van der Waals surface area contributed by atoms with Crippen molar-refractivity contribution in [2.75, 3.05) is 31.6 Å². The summed E-state index contributed by atoms with van der Waals surface area (Å²) in [5.41, 5.74) is 0.947. The van der Waals surface area contributed by atoms with Crippen molar-refractivity contribution in [3.05, 3.63) is 35.4 Å². The van der Waals surface area contributed by atoms with Crippen molar-refractivity contribution >= 4 is 21.7 Å². The maximum absolute atomic E-state index is 12.8. The predicted molar refractivity (Wildman–Crippen MR) is 100.0 cm³/mol. The zero-order valence-corrected chi connectivity index (χ0v) is 16.0. The molecule has 1 aromatic rings. The first-order chi connectivity index (χ1) is 12.4. The van der Waals surface area contributed by atoms with Crippen LogP contribution in [0.15, 0.2) is 24.3 Å². The molecular weight excluding hydrogens is 352 g/mol. The molecular formula is C19H26N2O4S. The van der Waals surface area contributed by atoms with Gasteiger partial charge in [-0.25, -0.2) is 8.42 Å². The van der Waals surface area contributed by atoms with Gasteiger partial charge in [0.1, 0.15) is 0 Å². The lowest BCUT2D eigenvalue weighted by Gasteiger charge is -2.24. The van der Waals surface area contributed by atoms with E-state index in [-0.39, 0.29) is 29.4 Å². The lowest BCUT2D eigenvalue weighted by atomic mass is 10.1. The average Bonchev–Trinajstić information content (AvgIpc) is 2.84. The van der Waals surface area contributed by atoms with Crippen LogP contribution in [0.2, 0.25) is 0 Å². The summed E-state index contributed by atoms with van der Waals surface area (Å²) >= 11 is 0. The first-order valence-electron chi connectivity index (χ1n) is 9.24. The Kier molecular flexibility index (Phi) is 5.65. The minimum atomic E-state index is -3.05. The van der Waals surface area contributed by atoms with Crippen LogP contribution in [0.25, 0.3) is 0 Å². The molecule has 3 rings (SSSR count). The van der Waals surface area contributed by atoms with Gasteiger partial charge in [0.15, 0.2) is 9.84 Å². The summed E-state index contributed by atoms with van der Waals surface area (Å²) in [5.74, 6) is -0.130. The van der Waals surface area contributed by atoms with Crippen LogP contribution in [0.5, 0.6) is 0 Å². The molecule has 2 amide bonds. The Morgan fingerprint density at radius 2 is 1.73 bits per heavy atom. The summed E-state index contributed by atoms with van der Waals surface area (Å²) in [6, 6.07) is 6.48. The van der Waals surface area contributed by atoms with Crippen molar-refractivity contribution in [1.82, 2.24) is 9.80 Å². The van der Waals surface area contributed by atoms with Crippen LogP contribution in [0.4, 0.5) is 0 Å². The van der Waals surface area contributed by atoms with E-state index < -0.39 is 9.84 Å². The molecule has 0 aromatic heterocycles. The Hall–Kier alpha value is -1.89. The molecule has 26 heavy (non-hydrogen) atoms. The second-order valence-electron chi connectivity index (χ2n) is 7.26. The second-order valence-corrected chi connectivity index (χ2v) is 9.49. The Balaban J connectivity index is 1.74. The van der Waals surface area contributed by atoms with Crippen LogP contribution in [-0.4, -0.2) is 67.7 Å². The molecule has 0 radical (unpaired) electrons. The van der Waals surface area contributed by atoms with Gasteiger partial charge in [0.2, 0.25) is 0 Å². The summed E-state index contributed by atoms with van der Waals surface area (Å²) in [6.07, 6.45) is 4.80. The molecule has 1 atom stereocenters. The molecule has 0 N–H and O–H groups in total. The topological polar surface area (TPSA) is 74.8 Å². The first-order valence-corrected chi connectivity index (χ1v) is 11.1. The van der Waals surface area contributed by atoms with E-state index in [2.05, 4.69) is 0 Å². The van der Waals surface area contributed by atoms with Gasteiger partial charge in [-0.2, -0.15) is 0 Å². The van der Waals surface area contributed by atoms with E-state index in [1.807, 2.05) is 4.90 Å². The largest absolute Gasteiger partial charge is 0.339 e. The lowest BCUT2D eigenvalue weighted by molar-refractivity contribution is 0.0747. The molecule has 2 heterocycles. The molecule has 2 aliphatic rings. The summed E-state index contributed by atoms with van der Waals surface area (Å²) in [6.45, 7) is 1.52. The minimum Gasteiger partial charge on any atom is -0.339 e. The number of likely N-dealkylation sites (tertiary alicyclic amines) is 1. The van der Waals surface area contributed by atoms with Crippen LogP contribution in [0, 0.1) is 0 Å². The Morgan fingerprint density at radius 1 is 1.08 bits per heavy atom. The maximum Gasteiger partial charge on any atom is 0.253 e. The quantitative estimate of drug-likeness (QED) is 0.806. The molecule has 0 aliphatic carbocycles. The fraction of sp³-hybridized carbons (Fsp3) is 0.579. The van der Waals surface area contributed by atoms with Crippen molar-refractivity contribution in [3.8, 4) is 0 Å². The third kappa shape index (κ3) is 4.26. The molecule has 7 heteroatoms. The highest BCUT2D eigenvalue weighted by atomic mass is 32.2. The fourth-order valence-corrected chi connectivity index (χ4v) is 5.47. The minimum absolute atomic E-state index is 0.0155. The summed E-state index contributed by atoms with van der Waals surface area (Å²) in [5, 5.41) is 0. The van der Waals surface area contributed by atoms with Gasteiger partial charge < -0.3 is 9.80 Å².